The molecule has 4 nitrogen and oxygen atoms in total. The maximum atomic E-state index is 9.03. The maximum absolute atomic E-state index is 9.03. The Bertz CT molecular complexity index is 587. The van der Waals surface area contributed by atoms with E-state index in [2.05, 4.69) is 22.9 Å². The summed E-state index contributed by atoms with van der Waals surface area (Å²) in [4.78, 5) is 6.20. The molecule has 4 heteroatoms. The molecule has 0 saturated carbocycles. The van der Waals surface area contributed by atoms with Crippen molar-refractivity contribution < 1.29 is 0 Å². The van der Waals surface area contributed by atoms with Crippen LogP contribution in [0.4, 0.5) is 11.4 Å². The summed E-state index contributed by atoms with van der Waals surface area (Å²) in [5.41, 5.74) is 8.98. The van der Waals surface area contributed by atoms with Crippen molar-refractivity contribution in [2.75, 3.05) is 17.2 Å². The normalized spacial score (nSPS) is 9.89. The number of hydrogen-bond donors (Lipinski definition) is 1. The second-order valence-electron chi connectivity index (χ2n) is 4.25. The average molecular weight is 252 g/mol. The summed E-state index contributed by atoms with van der Waals surface area (Å²) in [6.45, 7) is 3.73. The highest BCUT2D eigenvalue weighted by molar-refractivity contribution is 5.62. The third-order valence-corrected chi connectivity index (χ3v) is 3.03. The minimum absolute atomic E-state index is 0.519. The van der Waals surface area contributed by atoms with Crippen LogP contribution in [0.5, 0.6) is 0 Å². The van der Waals surface area contributed by atoms with E-state index < -0.39 is 0 Å². The number of nitriles is 1. The van der Waals surface area contributed by atoms with Gasteiger partial charge in [0.15, 0.2) is 0 Å². The number of rotatable bonds is 4. The lowest BCUT2D eigenvalue weighted by atomic mass is 10.1. The van der Waals surface area contributed by atoms with Crippen molar-refractivity contribution in [1.29, 1.82) is 5.26 Å². The lowest BCUT2D eigenvalue weighted by Crippen LogP contribution is -2.22. The van der Waals surface area contributed by atoms with Gasteiger partial charge < -0.3 is 10.6 Å². The van der Waals surface area contributed by atoms with Gasteiger partial charge in [-0.1, -0.05) is 0 Å². The summed E-state index contributed by atoms with van der Waals surface area (Å²) >= 11 is 0. The Morgan fingerprint density at radius 3 is 2.63 bits per heavy atom. The zero-order valence-electron chi connectivity index (χ0n) is 10.9. The van der Waals surface area contributed by atoms with Crippen molar-refractivity contribution in [2.24, 2.45) is 0 Å². The predicted molar refractivity (Wildman–Crippen MR) is 76.5 cm³/mol. The van der Waals surface area contributed by atoms with Gasteiger partial charge >= 0.3 is 0 Å². The molecule has 0 atom stereocenters. The van der Waals surface area contributed by atoms with Crippen LogP contribution in [0.2, 0.25) is 0 Å². The monoisotopic (exact) mass is 252 g/mol. The fraction of sp³-hybridized carbons (Fsp3) is 0.200. The van der Waals surface area contributed by atoms with Crippen LogP contribution in [0.3, 0.4) is 0 Å². The first-order valence-electron chi connectivity index (χ1n) is 6.18. The first-order chi connectivity index (χ1) is 9.24. The minimum atomic E-state index is 0.519. The standard InChI is InChI=1S/C15H16N4/c1-2-19(11-12-5-7-18-8-6-12)14-3-4-15(17)13(9-14)10-16/h3-9H,2,11,17H2,1H3. The number of aromatic nitrogens is 1. The van der Waals surface area contributed by atoms with E-state index in [1.807, 2.05) is 24.3 Å². The third-order valence-electron chi connectivity index (χ3n) is 3.03. The first kappa shape index (κ1) is 12.9. The van der Waals surface area contributed by atoms with E-state index in [1.54, 1.807) is 18.5 Å². The number of benzene rings is 1. The van der Waals surface area contributed by atoms with Crippen molar-refractivity contribution in [3.63, 3.8) is 0 Å². The summed E-state index contributed by atoms with van der Waals surface area (Å²) in [5.74, 6) is 0. The van der Waals surface area contributed by atoms with Gasteiger partial charge in [0.2, 0.25) is 0 Å². The summed E-state index contributed by atoms with van der Waals surface area (Å²) in [6.07, 6.45) is 3.57. The van der Waals surface area contributed by atoms with E-state index in [0.717, 1.165) is 18.8 Å². The highest BCUT2D eigenvalue weighted by Crippen LogP contribution is 2.22. The number of nitrogen functional groups attached to an aromatic ring is 1. The molecule has 19 heavy (non-hydrogen) atoms. The second kappa shape index (κ2) is 5.87. The topological polar surface area (TPSA) is 65.9 Å². The lowest BCUT2D eigenvalue weighted by molar-refractivity contribution is 0.830. The molecular weight excluding hydrogens is 236 g/mol. The van der Waals surface area contributed by atoms with Gasteiger partial charge in [-0.05, 0) is 42.8 Å². The van der Waals surface area contributed by atoms with Crippen LogP contribution in [0, 0.1) is 11.3 Å². The van der Waals surface area contributed by atoms with Gasteiger partial charge in [0.25, 0.3) is 0 Å². The Hall–Kier alpha value is -2.54. The Kier molecular flexibility index (Phi) is 3.99. The summed E-state index contributed by atoms with van der Waals surface area (Å²) < 4.78 is 0. The molecule has 0 bridgehead atoms. The Morgan fingerprint density at radius 1 is 1.26 bits per heavy atom. The Balaban J connectivity index is 2.25. The molecule has 0 aliphatic carbocycles. The minimum Gasteiger partial charge on any atom is -0.398 e. The van der Waals surface area contributed by atoms with Gasteiger partial charge in [0, 0.05) is 36.9 Å². The van der Waals surface area contributed by atoms with Gasteiger partial charge in [-0.25, -0.2) is 0 Å². The molecular formula is C15H16N4. The van der Waals surface area contributed by atoms with Crippen LogP contribution in [0.15, 0.2) is 42.7 Å². The van der Waals surface area contributed by atoms with Crippen LogP contribution < -0.4 is 10.6 Å². The largest absolute Gasteiger partial charge is 0.398 e. The number of nitrogens with two attached hydrogens (primary N) is 1. The van der Waals surface area contributed by atoms with Crippen molar-refractivity contribution >= 4 is 11.4 Å². The number of pyridine rings is 1. The molecule has 0 fully saturated rings. The smallest absolute Gasteiger partial charge is 0.101 e. The van der Waals surface area contributed by atoms with Crippen molar-refractivity contribution in [3.05, 3.63) is 53.9 Å². The van der Waals surface area contributed by atoms with Crippen molar-refractivity contribution in [2.45, 2.75) is 13.5 Å². The Labute approximate surface area is 113 Å². The fourth-order valence-electron chi connectivity index (χ4n) is 1.93. The zero-order chi connectivity index (χ0) is 13.7. The molecule has 96 valence electrons. The van der Waals surface area contributed by atoms with Crippen LogP contribution >= 0.6 is 0 Å². The van der Waals surface area contributed by atoms with Gasteiger partial charge in [0.1, 0.15) is 6.07 Å². The zero-order valence-corrected chi connectivity index (χ0v) is 10.9. The number of hydrogen-bond acceptors (Lipinski definition) is 4. The molecule has 0 aliphatic rings. The van der Waals surface area contributed by atoms with E-state index in [4.69, 9.17) is 11.0 Å². The molecule has 2 N–H and O–H groups in total. The molecule has 1 heterocycles. The Morgan fingerprint density at radius 2 is 2.00 bits per heavy atom. The van der Waals surface area contributed by atoms with E-state index in [1.165, 1.54) is 5.56 Å². The molecule has 0 unspecified atom stereocenters. The molecule has 0 spiro atoms. The van der Waals surface area contributed by atoms with Gasteiger partial charge in [-0.2, -0.15) is 5.26 Å². The second-order valence-corrected chi connectivity index (χ2v) is 4.25. The molecule has 0 saturated heterocycles. The average Bonchev–Trinajstić information content (AvgIpc) is 2.46. The van der Waals surface area contributed by atoms with Gasteiger partial charge in [0.05, 0.1) is 5.56 Å². The van der Waals surface area contributed by atoms with Crippen molar-refractivity contribution in [1.82, 2.24) is 4.98 Å². The first-order valence-corrected chi connectivity index (χ1v) is 6.18. The van der Waals surface area contributed by atoms with E-state index >= 15 is 0 Å². The molecule has 0 radical (unpaired) electrons. The summed E-state index contributed by atoms with van der Waals surface area (Å²) in [6, 6.07) is 11.7. The molecule has 2 aromatic rings. The summed E-state index contributed by atoms with van der Waals surface area (Å²) in [5, 5.41) is 9.03. The van der Waals surface area contributed by atoms with E-state index in [-0.39, 0.29) is 0 Å². The molecule has 1 aromatic heterocycles. The third kappa shape index (κ3) is 3.02. The van der Waals surface area contributed by atoms with Gasteiger partial charge in [-0.3, -0.25) is 4.98 Å². The quantitative estimate of drug-likeness (QED) is 0.849. The SMILES string of the molecule is CCN(Cc1ccncc1)c1ccc(N)c(C#N)c1. The number of nitrogens with zero attached hydrogens (tertiary/aromatic N) is 3. The van der Waals surface area contributed by atoms with Gasteiger partial charge in [-0.15, -0.1) is 0 Å². The molecule has 0 amide bonds. The molecule has 1 aromatic carbocycles. The van der Waals surface area contributed by atoms with E-state index in [0.29, 0.717) is 11.3 Å². The highest BCUT2D eigenvalue weighted by atomic mass is 15.1. The summed E-state index contributed by atoms with van der Waals surface area (Å²) in [7, 11) is 0. The van der Waals surface area contributed by atoms with Crippen LogP contribution in [0.25, 0.3) is 0 Å². The maximum Gasteiger partial charge on any atom is 0.101 e. The van der Waals surface area contributed by atoms with Crippen molar-refractivity contribution in [3.8, 4) is 6.07 Å². The van der Waals surface area contributed by atoms with Crippen LogP contribution in [-0.4, -0.2) is 11.5 Å². The highest BCUT2D eigenvalue weighted by Gasteiger charge is 2.07. The van der Waals surface area contributed by atoms with Crippen LogP contribution in [-0.2, 0) is 6.54 Å². The fourth-order valence-corrected chi connectivity index (χ4v) is 1.93. The predicted octanol–water partition coefficient (Wildman–Crippen LogP) is 2.56. The van der Waals surface area contributed by atoms with Crippen LogP contribution in [0.1, 0.15) is 18.1 Å². The number of anilines is 2. The molecule has 0 aliphatic heterocycles. The molecule has 2 rings (SSSR count). The lowest BCUT2D eigenvalue weighted by Gasteiger charge is -2.23. The van der Waals surface area contributed by atoms with E-state index in [9.17, 15) is 0 Å².